The Balaban J connectivity index is 2.24. The summed E-state index contributed by atoms with van der Waals surface area (Å²) in [6, 6.07) is 4.38. The molecule has 2 heterocycles. The molecule has 19 heavy (non-hydrogen) atoms. The van der Waals surface area contributed by atoms with Gasteiger partial charge in [0.15, 0.2) is 16.7 Å². The topological polar surface area (TPSA) is 47.0 Å². The molecule has 0 aliphatic heterocycles. The van der Waals surface area contributed by atoms with E-state index in [9.17, 15) is 0 Å². The van der Waals surface area contributed by atoms with Crippen molar-refractivity contribution in [2.75, 3.05) is 12.4 Å². The zero-order valence-electron chi connectivity index (χ0n) is 10.9. The Labute approximate surface area is 121 Å². The van der Waals surface area contributed by atoms with Crippen LogP contribution in [0.1, 0.15) is 30.7 Å². The minimum atomic E-state index is 0.213. The first-order valence-corrected chi connectivity index (χ1v) is 7.36. The molecular weight excluding hydrogens is 282 g/mol. The van der Waals surface area contributed by atoms with E-state index in [1.165, 1.54) is 11.2 Å². The lowest BCUT2D eigenvalue weighted by molar-refractivity contribution is 0.412. The van der Waals surface area contributed by atoms with Gasteiger partial charge in [0.05, 0.1) is 13.2 Å². The Kier molecular flexibility index (Phi) is 4.99. The smallest absolute Gasteiger partial charge is 0.198 e. The fraction of sp³-hybridized carbons (Fsp3) is 0.385. The maximum Gasteiger partial charge on any atom is 0.198 e. The number of methoxy groups -OCH3 is 1. The van der Waals surface area contributed by atoms with E-state index in [0.29, 0.717) is 16.7 Å². The summed E-state index contributed by atoms with van der Waals surface area (Å²) in [6.07, 6.45) is 3.53. The van der Waals surface area contributed by atoms with Crippen molar-refractivity contribution in [3.05, 3.63) is 33.9 Å². The zero-order valence-corrected chi connectivity index (χ0v) is 12.5. The van der Waals surface area contributed by atoms with Gasteiger partial charge in [-0.1, -0.05) is 31.0 Å². The highest BCUT2D eigenvalue weighted by molar-refractivity contribution is 7.10. The molecule has 1 atom stereocenters. The summed E-state index contributed by atoms with van der Waals surface area (Å²) in [5, 5.41) is 5.79. The largest absolute Gasteiger partial charge is 0.490 e. The SMILES string of the molecule is CCCC(Nc1ncnc(Cl)c1OC)c1cccs1. The molecule has 2 aromatic rings. The molecule has 4 nitrogen and oxygen atoms in total. The van der Waals surface area contributed by atoms with Crippen LogP contribution in [0.5, 0.6) is 5.75 Å². The van der Waals surface area contributed by atoms with Crippen molar-refractivity contribution in [1.29, 1.82) is 0 Å². The van der Waals surface area contributed by atoms with Crippen molar-refractivity contribution in [1.82, 2.24) is 9.97 Å². The van der Waals surface area contributed by atoms with Crippen LogP contribution in [-0.2, 0) is 0 Å². The standard InChI is InChI=1S/C13H16ClN3OS/c1-3-5-9(10-6-4-7-19-10)17-13-11(18-2)12(14)15-8-16-13/h4,6-9H,3,5H2,1-2H3,(H,15,16,17). The van der Waals surface area contributed by atoms with Crippen LogP contribution in [-0.4, -0.2) is 17.1 Å². The quantitative estimate of drug-likeness (QED) is 0.814. The molecule has 0 aliphatic rings. The number of ether oxygens (including phenoxy) is 1. The van der Waals surface area contributed by atoms with E-state index >= 15 is 0 Å². The lowest BCUT2D eigenvalue weighted by Gasteiger charge is -2.19. The molecule has 0 aromatic carbocycles. The van der Waals surface area contributed by atoms with Crippen LogP contribution in [0.15, 0.2) is 23.8 Å². The van der Waals surface area contributed by atoms with Crippen molar-refractivity contribution < 1.29 is 4.74 Å². The van der Waals surface area contributed by atoms with Crippen LogP contribution in [0.2, 0.25) is 5.15 Å². The number of aromatic nitrogens is 2. The zero-order chi connectivity index (χ0) is 13.7. The van der Waals surface area contributed by atoms with E-state index in [0.717, 1.165) is 12.8 Å². The molecule has 1 unspecified atom stereocenters. The molecule has 6 heteroatoms. The van der Waals surface area contributed by atoms with Crippen LogP contribution >= 0.6 is 22.9 Å². The highest BCUT2D eigenvalue weighted by Crippen LogP contribution is 2.33. The normalized spacial score (nSPS) is 12.2. The van der Waals surface area contributed by atoms with Gasteiger partial charge in [-0.3, -0.25) is 0 Å². The van der Waals surface area contributed by atoms with Crippen LogP contribution in [0.4, 0.5) is 5.82 Å². The van der Waals surface area contributed by atoms with Gasteiger partial charge in [0, 0.05) is 4.88 Å². The van der Waals surface area contributed by atoms with Crippen molar-refractivity contribution in [2.45, 2.75) is 25.8 Å². The predicted molar refractivity (Wildman–Crippen MR) is 79.2 cm³/mol. The van der Waals surface area contributed by atoms with Gasteiger partial charge in [-0.25, -0.2) is 9.97 Å². The number of thiophene rings is 1. The Bertz CT molecular complexity index is 519. The van der Waals surface area contributed by atoms with E-state index in [1.54, 1.807) is 18.4 Å². The van der Waals surface area contributed by atoms with Gasteiger partial charge in [0.25, 0.3) is 0 Å². The van der Waals surface area contributed by atoms with E-state index in [-0.39, 0.29) is 6.04 Å². The molecule has 0 amide bonds. The van der Waals surface area contributed by atoms with Gasteiger partial charge >= 0.3 is 0 Å². The van der Waals surface area contributed by atoms with Crippen LogP contribution in [0, 0.1) is 0 Å². The van der Waals surface area contributed by atoms with Crippen molar-refractivity contribution in [3.8, 4) is 5.75 Å². The fourth-order valence-corrected chi connectivity index (χ4v) is 2.89. The molecule has 0 saturated heterocycles. The summed E-state index contributed by atoms with van der Waals surface area (Å²) in [5.74, 6) is 1.12. The average Bonchev–Trinajstić information content (AvgIpc) is 2.92. The molecule has 0 fully saturated rings. The first-order chi connectivity index (χ1) is 9.26. The van der Waals surface area contributed by atoms with Crippen LogP contribution < -0.4 is 10.1 Å². The second-order valence-corrected chi connectivity index (χ2v) is 5.38. The highest BCUT2D eigenvalue weighted by Gasteiger charge is 2.16. The first kappa shape index (κ1) is 14.1. The van der Waals surface area contributed by atoms with Gasteiger partial charge in [-0.2, -0.15) is 0 Å². The molecule has 0 bridgehead atoms. The minimum Gasteiger partial charge on any atom is -0.490 e. The highest BCUT2D eigenvalue weighted by atomic mass is 35.5. The van der Waals surface area contributed by atoms with Crippen LogP contribution in [0.25, 0.3) is 0 Å². The third-order valence-corrected chi connectivity index (χ3v) is 3.99. The molecular formula is C13H16ClN3OS. The number of halogens is 1. The van der Waals surface area contributed by atoms with Gasteiger partial charge in [0.1, 0.15) is 6.33 Å². The van der Waals surface area contributed by atoms with E-state index in [1.807, 2.05) is 0 Å². The van der Waals surface area contributed by atoms with Crippen molar-refractivity contribution in [3.63, 3.8) is 0 Å². The number of hydrogen-bond donors (Lipinski definition) is 1. The second kappa shape index (κ2) is 6.73. The molecule has 1 N–H and O–H groups in total. The average molecular weight is 298 g/mol. The summed E-state index contributed by atoms with van der Waals surface area (Å²) in [4.78, 5) is 9.41. The molecule has 0 aliphatic carbocycles. The summed E-state index contributed by atoms with van der Waals surface area (Å²) in [7, 11) is 1.57. The molecule has 102 valence electrons. The monoisotopic (exact) mass is 297 g/mol. The molecule has 0 radical (unpaired) electrons. The van der Waals surface area contributed by atoms with Crippen molar-refractivity contribution in [2.24, 2.45) is 0 Å². The number of nitrogens with zero attached hydrogens (tertiary/aromatic N) is 2. The maximum atomic E-state index is 6.00. The third-order valence-electron chi connectivity index (χ3n) is 2.74. The molecule has 0 spiro atoms. The number of anilines is 1. The Morgan fingerprint density at radius 1 is 1.47 bits per heavy atom. The molecule has 0 saturated carbocycles. The lowest BCUT2D eigenvalue weighted by atomic mass is 10.1. The Hall–Kier alpha value is -1.33. The number of hydrogen-bond acceptors (Lipinski definition) is 5. The molecule has 2 rings (SSSR count). The summed E-state index contributed by atoms with van der Waals surface area (Å²) in [6.45, 7) is 2.16. The van der Waals surface area contributed by atoms with E-state index < -0.39 is 0 Å². The summed E-state index contributed by atoms with van der Waals surface area (Å²) >= 11 is 7.73. The van der Waals surface area contributed by atoms with Gasteiger partial charge < -0.3 is 10.1 Å². The van der Waals surface area contributed by atoms with E-state index in [2.05, 4.69) is 39.7 Å². The Morgan fingerprint density at radius 2 is 2.32 bits per heavy atom. The van der Waals surface area contributed by atoms with Gasteiger partial charge in [-0.05, 0) is 17.9 Å². The Morgan fingerprint density at radius 3 is 2.95 bits per heavy atom. The maximum absolute atomic E-state index is 6.00. The predicted octanol–water partition coefficient (Wildman–Crippen LogP) is 4.15. The number of nitrogens with one attached hydrogen (secondary N) is 1. The lowest BCUT2D eigenvalue weighted by Crippen LogP contribution is -2.11. The minimum absolute atomic E-state index is 0.213. The summed E-state index contributed by atoms with van der Waals surface area (Å²) in [5.41, 5.74) is 0. The molecule has 2 aromatic heterocycles. The first-order valence-electron chi connectivity index (χ1n) is 6.10. The van der Waals surface area contributed by atoms with Gasteiger partial charge in [0.2, 0.25) is 0 Å². The van der Waals surface area contributed by atoms with Gasteiger partial charge in [-0.15, -0.1) is 11.3 Å². The second-order valence-electron chi connectivity index (χ2n) is 4.05. The van der Waals surface area contributed by atoms with Crippen LogP contribution in [0.3, 0.4) is 0 Å². The summed E-state index contributed by atoms with van der Waals surface area (Å²) < 4.78 is 5.26. The van der Waals surface area contributed by atoms with E-state index in [4.69, 9.17) is 16.3 Å². The number of rotatable bonds is 6. The van der Waals surface area contributed by atoms with Crippen molar-refractivity contribution >= 4 is 28.8 Å². The fourth-order valence-electron chi connectivity index (χ4n) is 1.86. The third kappa shape index (κ3) is 3.36.